The first-order chi connectivity index (χ1) is 9.16. The van der Waals surface area contributed by atoms with Crippen LogP contribution in [0, 0.1) is 0 Å². The lowest BCUT2D eigenvalue weighted by atomic mass is 9.93. The van der Waals surface area contributed by atoms with Crippen molar-refractivity contribution in [3.8, 4) is 0 Å². The Balaban J connectivity index is 2.07. The smallest absolute Gasteiger partial charge is 0.304 e. The first kappa shape index (κ1) is 13.4. The Kier molecular flexibility index (Phi) is 4.39. The second-order valence-electron chi connectivity index (χ2n) is 4.86. The summed E-state index contributed by atoms with van der Waals surface area (Å²) in [4.78, 5) is 11.0. The number of carboxylic acid groups (broad SMARTS) is 1. The minimum Gasteiger partial charge on any atom is -0.481 e. The van der Waals surface area contributed by atoms with E-state index in [2.05, 4.69) is 12.1 Å². The summed E-state index contributed by atoms with van der Waals surface area (Å²) in [6.07, 6.45) is 3.91. The van der Waals surface area contributed by atoms with Crippen molar-refractivity contribution in [3.05, 3.63) is 59.9 Å². The van der Waals surface area contributed by atoms with Gasteiger partial charge < -0.3 is 9.67 Å². The van der Waals surface area contributed by atoms with E-state index >= 15 is 0 Å². The third kappa shape index (κ3) is 3.71. The lowest BCUT2D eigenvalue weighted by Gasteiger charge is -2.16. The zero-order valence-corrected chi connectivity index (χ0v) is 11.1. The molecule has 1 atom stereocenters. The van der Waals surface area contributed by atoms with Gasteiger partial charge in [-0.25, -0.2) is 0 Å². The van der Waals surface area contributed by atoms with Crippen molar-refractivity contribution in [2.45, 2.75) is 25.2 Å². The number of rotatable bonds is 6. The Labute approximate surface area is 113 Å². The minimum absolute atomic E-state index is 0.0673. The van der Waals surface area contributed by atoms with Gasteiger partial charge in [-0.05, 0) is 30.5 Å². The molecule has 0 bridgehead atoms. The molecule has 0 aliphatic rings. The number of hydrogen-bond acceptors (Lipinski definition) is 1. The molecular weight excluding hydrogens is 238 g/mol. The highest BCUT2D eigenvalue weighted by Gasteiger charge is 2.17. The molecule has 2 rings (SSSR count). The van der Waals surface area contributed by atoms with Gasteiger partial charge in [0.1, 0.15) is 0 Å². The topological polar surface area (TPSA) is 42.2 Å². The van der Waals surface area contributed by atoms with Gasteiger partial charge in [-0.15, -0.1) is 0 Å². The number of carbonyl (C=O) groups is 1. The van der Waals surface area contributed by atoms with Crippen LogP contribution in [0.4, 0.5) is 0 Å². The van der Waals surface area contributed by atoms with E-state index in [-0.39, 0.29) is 12.3 Å². The number of aliphatic carboxylic acids is 1. The molecule has 0 aliphatic heterocycles. The molecule has 0 saturated carbocycles. The zero-order chi connectivity index (χ0) is 13.7. The third-order valence-electron chi connectivity index (χ3n) is 3.45. The van der Waals surface area contributed by atoms with Gasteiger partial charge in [0.25, 0.3) is 0 Å². The van der Waals surface area contributed by atoms with E-state index < -0.39 is 5.97 Å². The van der Waals surface area contributed by atoms with E-state index in [9.17, 15) is 4.79 Å². The van der Waals surface area contributed by atoms with Gasteiger partial charge in [0.2, 0.25) is 0 Å². The maximum absolute atomic E-state index is 11.0. The number of hydrogen-bond donors (Lipinski definition) is 1. The fourth-order valence-electron chi connectivity index (χ4n) is 2.45. The third-order valence-corrected chi connectivity index (χ3v) is 3.45. The number of aromatic nitrogens is 1. The van der Waals surface area contributed by atoms with Gasteiger partial charge in [-0.1, -0.05) is 30.3 Å². The lowest BCUT2D eigenvalue weighted by molar-refractivity contribution is -0.137. The van der Waals surface area contributed by atoms with Crippen LogP contribution in [0.3, 0.4) is 0 Å². The molecule has 3 nitrogen and oxygen atoms in total. The molecule has 100 valence electrons. The van der Waals surface area contributed by atoms with Crippen LogP contribution in [0.1, 0.15) is 30.0 Å². The number of nitrogens with zero attached hydrogens (tertiary/aromatic N) is 1. The molecule has 19 heavy (non-hydrogen) atoms. The van der Waals surface area contributed by atoms with Crippen LogP contribution >= 0.6 is 0 Å². The summed E-state index contributed by atoms with van der Waals surface area (Å²) in [5.41, 5.74) is 2.35. The van der Waals surface area contributed by atoms with Crippen LogP contribution in [0.5, 0.6) is 0 Å². The average Bonchev–Trinajstić information content (AvgIpc) is 2.81. The van der Waals surface area contributed by atoms with Crippen molar-refractivity contribution in [2.24, 2.45) is 7.05 Å². The normalized spacial score (nSPS) is 12.3. The lowest BCUT2D eigenvalue weighted by Crippen LogP contribution is -2.11. The van der Waals surface area contributed by atoms with E-state index in [0.717, 1.165) is 18.5 Å². The molecule has 2 aromatic rings. The highest BCUT2D eigenvalue weighted by Crippen LogP contribution is 2.25. The van der Waals surface area contributed by atoms with Crippen molar-refractivity contribution < 1.29 is 9.90 Å². The molecular formula is C16H19NO2. The Morgan fingerprint density at radius 2 is 1.95 bits per heavy atom. The molecule has 0 spiro atoms. The Morgan fingerprint density at radius 1 is 1.21 bits per heavy atom. The summed E-state index contributed by atoms with van der Waals surface area (Å²) in [7, 11) is 1.96. The molecule has 0 amide bonds. The Morgan fingerprint density at radius 3 is 2.53 bits per heavy atom. The summed E-state index contributed by atoms with van der Waals surface area (Å²) >= 11 is 0. The van der Waals surface area contributed by atoms with E-state index in [4.69, 9.17) is 5.11 Å². The van der Waals surface area contributed by atoms with Crippen LogP contribution in [-0.2, 0) is 18.3 Å². The quantitative estimate of drug-likeness (QED) is 0.863. The highest BCUT2D eigenvalue weighted by atomic mass is 16.4. The Bertz CT molecular complexity index is 531. The number of carboxylic acids is 1. The largest absolute Gasteiger partial charge is 0.481 e. The maximum Gasteiger partial charge on any atom is 0.304 e. The number of benzene rings is 1. The summed E-state index contributed by atoms with van der Waals surface area (Å²) < 4.78 is 2.01. The first-order valence-electron chi connectivity index (χ1n) is 6.54. The van der Waals surface area contributed by atoms with Crippen molar-refractivity contribution in [1.29, 1.82) is 0 Å². The van der Waals surface area contributed by atoms with E-state index in [0.29, 0.717) is 0 Å². The van der Waals surface area contributed by atoms with Crippen LogP contribution in [0.2, 0.25) is 0 Å². The fraction of sp³-hybridized carbons (Fsp3) is 0.312. The molecule has 1 aromatic carbocycles. The van der Waals surface area contributed by atoms with Gasteiger partial charge in [0.05, 0.1) is 6.42 Å². The molecule has 0 fully saturated rings. The molecule has 1 unspecified atom stereocenters. The predicted molar refractivity (Wildman–Crippen MR) is 75.2 cm³/mol. The Hall–Kier alpha value is -2.03. The predicted octanol–water partition coefficient (Wildman–Crippen LogP) is 3.22. The minimum atomic E-state index is -0.737. The monoisotopic (exact) mass is 257 g/mol. The van der Waals surface area contributed by atoms with Crippen molar-refractivity contribution in [2.75, 3.05) is 0 Å². The van der Waals surface area contributed by atoms with Crippen molar-refractivity contribution in [1.82, 2.24) is 4.57 Å². The van der Waals surface area contributed by atoms with Gasteiger partial charge in [-0.2, -0.15) is 0 Å². The first-order valence-corrected chi connectivity index (χ1v) is 6.54. The molecule has 3 heteroatoms. The summed E-state index contributed by atoms with van der Waals surface area (Å²) in [6, 6.07) is 14.2. The van der Waals surface area contributed by atoms with Gasteiger partial charge in [0.15, 0.2) is 0 Å². The second kappa shape index (κ2) is 6.23. The van der Waals surface area contributed by atoms with Crippen molar-refractivity contribution >= 4 is 5.97 Å². The average molecular weight is 257 g/mol. The van der Waals surface area contributed by atoms with E-state index in [1.807, 2.05) is 48.1 Å². The van der Waals surface area contributed by atoms with Gasteiger partial charge in [-0.3, -0.25) is 4.79 Å². The van der Waals surface area contributed by atoms with Crippen LogP contribution in [0.15, 0.2) is 48.7 Å². The SMILES string of the molecule is Cn1cccc1C(CCc1ccccc1)CC(=O)O. The van der Waals surface area contributed by atoms with Crippen LogP contribution in [0.25, 0.3) is 0 Å². The van der Waals surface area contributed by atoms with Crippen LogP contribution in [-0.4, -0.2) is 15.6 Å². The number of aryl methyl sites for hydroxylation is 2. The summed E-state index contributed by atoms with van der Waals surface area (Å²) in [5.74, 6) is -0.669. The molecule has 1 aromatic heterocycles. The highest BCUT2D eigenvalue weighted by molar-refractivity contribution is 5.67. The maximum atomic E-state index is 11.0. The molecule has 1 N–H and O–H groups in total. The molecule has 0 saturated heterocycles. The second-order valence-corrected chi connectivity index (χ2v) is 4.86. The fourth-order valence-corrected chi connectivity index (χ4v) is 2.45. The molecule has 0 radical (unpaired) electrons. The van der Waals surface area contributed by atoms with Gasteiger partial charge in [0, 0.05) is 24.9 Å². The standard InChI is InChI=1S/C16H19NO2/c1-17-11-5-8-15(17)14(12-16(18)19)10-9-13-6-3-2-4-7-13/h2-8,11,14H,9-10,12H2,1H3,(H,18,19). The molecule has 0 aliphatic carbocycles. The zero-order valence-electron chi connectivity index (χ0n) is 11.1. The van der Waals surface area contributed by atoms with E-state index in [1.165, 1.54) is 5.56 Å². The van der Waals surface area contributed by atoms with E-state index in [1.54, 1.807) is 0 Å². The summed E-state index contributed by atoms with van der Waals surface area (Å²) in [5, 5.41) is 9.06. The van der Waals surface area contributed by atoms with Crippen LogP contribution < -0.4 is 0 Å². The molecule has 1 heterocycles. The summed E-state index contributed by atoms with van der Waals surface area (Å²) in [6.45, 7) is 0. The van der Waals surface area contributed by atoms with Crippen molar-refractivity contribution in [3.63, 3.8) is 0 Å². The van der Waals surface area contributed by atoms with Gasteiger partial charge >= 0.3 is 5.97 Å².